The van der Waals surface area contributed by atoms with Gasteiger partial charge in [0, 0.05) is 38.3 Å². The number of thioether (sulfide) groups is 1. The van der Waals surface area contributed by atoms with Crippen LogP contribution in [0.25, 0.3) is 0 Å². The Hall–Kier alpha value is -0.230. The fourth-order valence-corrected chi connectivity index (χ4v) is 2.28. The molecule has 1 rings (SSSR count). The maximum atomic E-state index is 8.93. The van der Waals surface area contributed by atoms with Gasteiger partial charge in [0.2, 0.25) is 0 Å². The van der Waals surface area contributed by atoms with Crippen LogP contribution in [-0.4, -0.2) is 55.8 Å². The van der Waals surface area contributed by atoms with Crippen molar-refractivity contribution in [1.29, 1.82) is 0 Å². The molecule has 0 aliphatic carbocycles. The van der Waals surface area contributed by atoms with Crippen LogP contribution in [0, 0.1) is 0 Å². The van der Waals surface area contributed by atoms with Gasteiger partial charge in [0.25, 0.3) is 0 Å². The van der Waals surface area contributed by atoms with Crippen LogP contribution in [0.5, 0.6) is 0 Å². The third-order valence-electron chi connectivity index (χ3n) is 2.29. The third-order valence-corrected chi connectivity index (χ3v) is 3.25. The van der Waals surface area contributed by atoms with Crippen molar-refractivity contribution < 1.29 is 9.84 Å². The summed E-state index contributed by atoms with van der Waals surface area (Å²) in [6.07, 6.45) is 1.11. The lowest BCUT2D eigenvalue weighted by Crippen LogP contribution is -2.25. The molecule has 1 fully saturated rings. The Morgan fingerprint density at radius 2 is 2.40 bits per heavy atom. The highest BCUT2D eigenvalue weighted by atomic mass is 32.2. The van der Waals surface area contributed by atoms with Gasteiger partial charge >= 0.3 is 0 Å². The zero-order valence-electron chi connectivity index (χ0n) is 9.24. The second-order valence-electron chi connectivity index (χ2n) is 3.43. The van der Waals surface area contributed by atoms with Crippen LogP contribution < -0.4 is 5.32 Å². The molecule has 1 aliphatic heterocycles. The summed E-state index contributed by atoms with van der Waals surface area (Å²) in [4.78, 5) is 2.37. The molecule has 0 unspecified atom stereocenters. The van der Waals surface area contributed by atoms with E-state index in [-0.39, 0.29) is 6.61 Å². The van der Waals surface area contributed by atoms with Crippen LogP contribution in [0.4, 0.5) is 0 Å². The molecular weight excluding hydrogens is 212 g/mol. The highest BCUT2D eigenvalue weighted by molar-refractivity contribution is 8.02. The first-order valence-electron chi connectivity index (χ1n) is 5.26. The Labute approximate surface area is 95.7 Å². The molecule has 88 valence electrons. The molecule has 4 nitrogen and oxygen atoms in total. The first-order valence-corrected chi connectivity index (χ1v) is 6.31. The van der Waals surface area contributed by atoms with E-state index in [1.165, 1.54) is 0 Å². The average Bonchev–Trinajstić information content (AvgIpc) is 2.53. The normalized spacial score (nSPS) is 20.0. The van der Waals surface area contributed by atoms with Crippen LogP contribution in [-0.2, 0) is 4.74 Å². The van der Waals surface area contributed by atoms with Gasteiger partial charge < -0.3 is 15.2 Å². The van der Waals surface area contributed by atoms with Crippen LogP contribution in [0.2, 0.25) is 0 Å². The quantitative estimate of drug-likeness (QED) is 0.721. The van der Waals surface area contributed by atoms with E-state index >= 15 is 0 Å². The number of hydrogen-bond acceptors (Lipinski definition) is 5. The molecule has 2 N–H and O–H groups in total. The first-order chi connectivity index (χ1) is 7.36. The number of aliphatic hydroxyl groups is 1. The molecule has 0 aromatic heterocycles. The summed E-state index contributed by atoms with van der Waals surface area (Å²) in [6.45, 7) is 3.91. The maximum absolute atomic E-state index is 8.93. The molecule has 15 heavy (non-hydrogen) atoms. The molecule has 0 saturated carbocycles. The Kier molecular flexibility index (Phi) is 6.83. The molecule has 0 radical (unpaired) electrons. The summed E-state index contributed by atoms with van der Waals surface area (Å²) in [7, 11) is 1.82. The molecule has 5 heteroatoms. The molecular formula is C10H20N2O2S. The van der Waals surface area contributed by atoms with E-state index < -0.39 is 0 Å². The Morgan fingerprint density at radius 1 is 1.53 bits per heavy atom. The highest BCUT2D eigenvalue weighted by Gasteiger charge is 2.07. The van der Waals surface area contributed by atoms with Crippen LogP contribution in [0.3, 0.4) is 0 Å². The third kappa shape index (κ3) is 5.41. The predicted molar refractivity (Wildman–Crippen MR) is 63.7 cm³/mol. The van der Waals surface area contributed by atoms with Crippen molar-refractivity contribution in [2.75, 3.05) is 45.8 Å². The highest BCUT2D eigenvalue weighted by Crippen LogP contribution is 2.10. The van der Waals surface area contributed by atoms with Gasteiger partial charge in [-0.05, 0) is 11.8 Å². The van der Waals surface area contributed by atoms with Crippen LogP contribution in [0.15, 0.2) is 11.1 Å². The van der Waals surface area contributed by atoms with Gasteiger partial charge in [-0.25, -0.2) is 0 Å². The number of rotatable bonds is 5. The van der Waals surface area contributed by atoms with Crippen molar-refractivity contribution in [1.82, 2.24) is 10.2 Å². The minimum atomic E-state index is 0.0760. The van der Waals surface area contributed by atoms with Crippen molar-refractivity contribution >= 4 is 11.8 Å². The fraction of sp³-hybridized carbons (Fsp3) is 0.800. The van der Waals surface area contributed by atoms with Crippen molar-refractivity contribution in [2.45, 2.75) is 6.42 Å². The predicted octanol–water partition coefficient (Wildman–Crippen LogP) is 0.452. The van der Waals surface area contributed by atoms with Gasteiger partial charge in [-0.15, -0.1) is 11.8 Å². The smallest absolute Gasteiger partial charge is 0.0832 e. The molecule has 0 aromatic carbocycles. The van der Waals surface area contributed by atoms with E-state index in [1.54, 1.807) is 11.8 Å². The lowest BCUT2D eigenvalue weighted by molar-refractivity contribution is 0.144. The molecule has 0 aromatic rings. The molecule has 1 aliphatic rings. The van der Waals surface area contributed by atoms with Gasteiger partial charge in [-0.3, -0.25) is 4.90 Å². The fourth-order valence-electron chi connectivity index (χ4n) is 1.35. The van der Waals surface area contributed by atoms with E-state index in [2.05, 4.69) is 10.2 Å². The Balaban J connectivity index is 2.20. The molecule has 0 atom stereocenters. The van der Waals surface area contributed by atoms with Gasteiger partial charge in [0.05, 0.1) is 13.2 Å². The number of aliphatic hydroxyl groups excluding tert-OH is 1. The van der Waals surface area contributed by atoms with Crippen molar-refractivity contribution in [3.05, 3.63) is 11.1 Å². The molecule has 0 spiro atoms. The largest absolute Gasteiger partial charge is 0.390 e. The summed E-state index contributed by atoms with van der Waals surface area (Å²) < 4.78 is 5.38. The van der Waals surface area contributed by atoms with E-state index in [9.17, 15) is 0 Å². The summed E-state index contributed by atoms with van der Waals surface area (Å²) in [5.74, 6) is 0.967. The zero-order valence-corrected chi connectivity index (χ0v) is 10.1. The lowest BCUT2D eigenvalue weighted by atomic mass is 10.4. The molecule has 0 amide bonds. The topological polar surface area (TPSA) is 44.7 Å². The summed E-state index contributed by atoms with van der Waals surface area (Å²) in [6, 6.07) is 0. The molecule has 1 heterocycles. The number of likely N-dealkylation sites (N-methyl/N-ethyl adjacent to an activating group) is 1. The van der Waals surface area contributed by atoms with Gasteiger partial charge in [0.15, 0.2) is 0 Å². The lowest BCUT2D eigenvalue weighted by Gasteiger charge is -2.17. The minimum Gasteiger partial charge on any atom is -0.390 e. The van der Waals surface area contributed by atoms with E-state index in [1.807, 2.05) is 12.5 Å². The van der Waals surface area contributed by atoms with Crippen molar-refractivity contribution in [2.24, 2.45) is 0 Å². The molecule has 1 saturated heterocycles. The zero-order chi connectivity index (χ0) is 10.9. The summed E-state index contributed by atoms with van der Waals surface area (Å²) in [5.41, 5.74) is 0.867. The van der Waals surface area contributed by atoms with E-state index in [4.69, 9.17) is 9.84 Å². The van der Waals surface area contributed by atoms with E-state index in [0.717, 1.165) is 44.3 Å². The Bertz CT molecular complexity index is 186. The summed E-state index contributed by atoms with van der Waals surface area (Å²) in [5, 5.41) is 13.9. The number of hydrogen-bond donors (Lipinski definition) is 2. The average molecular weight is 232 g/mol. The van der Waals surface area contributed by atoms with Crippen LogP contribution >= 0.6 is 11.8 Å². The second-order valence-corrected chi connectivity index (χ2v) is 4.26. The monoisotopic (exact) mass is 232 g/mol. The molecule has 0 bridgehead atoms. The maximum Gasteiger partial charge on any atom is 0.0832 e. The van der Waals surface area contributed by atoms with Gasteiger partial charge in [0.1, 0.15) is 0 Å². The Morgan fingerprint density at radius 3 is 3.13 bits per heavy atom. The first kappa shape index (κ1) is 12.8. The van der Waals surface area contributed by atoms with Gasteiger partial charge in [-0.1, -0.05) is 0 Å². The van der Waals surface area contributed by atoms with Gasteiger partial charge in [-0.2, -0.15) is 0 Å². The summed E-state index contributed by atoms with van der Waals surface area (Å²) >= 11 is 1.71. The van der Waals surface area contributed by atoms with Crippen LogP contribution in [0.1, 0.15) is 6.42 Å². The minimum absolute atomic E-state index is 0.0760. The van der Waals surface area contributed by atoms with Crippen molar-refractivity contribution in [3.8, 4) is 0 Å². The number of nitrogens with zero attached hydrogens (tertiary/aromatic N) is 1. The van der Waals surface area contributed by atoms with E-state index in [0.29, 0.717) is 0 Å². The number of nitrogens with one attached hydrogen (secondary N) is 1. The second kappa shape index (κ2) is 7.98. The number of ether oxygens (including phenoxy) is 1. The standard InChI is InChI=1S/C10H20N2O2S/c1-11-10(7-13)8-15-9-12-3-2-5-14-6-4-12/h8,11,13H,2-7,9H2,1H3/b10-8-. The van der Waals surface area contributed by atoms with Crippen molar-refractivity contribution in [3.63, 3.8) is 0 Å². The SMILES string of the molecule is CN/C(=C\SCN1CCCOCC1)CO.